The molecule has 154 valence electrons. The highest BCUT2D eigenvalue weighted by molar-refractivity contribution is 6.00. The Morgan fingerprint density at radius 2 is 1.94 bits per heavy atom. The molecule has 0 spiro atoms. The highest BCUT2D eigenvalue weighted by atomic mass is 16.5. The first-order valence-electron chi connectivity index (χ1n) is 10.4. The molecule has 8 nitrogen and oxygen atoms in total. The van der Waals surface area contributed by atoms with Crippen molar-refractivity contribution in [3.05, 3.63) is 55.2 Å². The molecule has 5 aromatic heterocycles. The van der Waals surface area contributed by atoms with Crippen LogP contribution in [0.15, 0.2) is 55.2 Å². The number of rotatable bonds is 3. The number of fused-ring (bicyclic) bond motifs is 2. The van der Waals surface area contributed by atoms with Crippen LogP contribution < -0.4 is 4.90 Å². The molecule has 6 heterocycles. The Hall–Kier alpha value is -3.78. The van der Waals surface area contributed by atoms with Gasteiger partial charge in [0.2, 0.25) is 0 Å². The van der Waals surface area contributed by atoms with Crippen molar-refractivity contribution in [2.24, 2.45) is 0 Å². The molecule has 0 amide bonds. The summed E-state index contributed by atoms with van der Waals surface area (Å²) >= 11 is 0. The van der Waals surface area contributed by atoms with Gasteiger partial charge >= 0.3 is 0 Å². The number of nitrogens with zero attached hydrogens (tertiary/aromatic N) is 5. The molecular weight excluding hydrogens is 390 g/mol. The van der Waals surface area contributed by atoms with Gasteiger partial charge in [-0.25, -0.2) is 15.0 Å². The zero-order valence-electron chi connectivity index (χ0n) is 17.0. The summed E-state index contributed by atoms with van der Waals surface area (Å²) in [6, 6.07) is 8.21. The molecule has 2 N–H and O–H groups in total. The van der Waals surface area contributed by atoms with E-state index >= 15 is 0 Å². The van der Waals surface area contributed by atoms with Crippen LogP contribution in [0.1, 0.15) is 6.92 Å². The van der Waals surface area contributed by atoms with Crippen molar-refractivity contribution in [3.8, 4) is 22.5 Å². The number of hydrogen-bond donors (Lipinski definition) is 2. The lowest BCUT2D eigenvalue weighted by molar-refractivity contribution is 0.0987. The minimum Gasteiger partial charge on any atom is -0.377 e. The minimum atomic E-state index is 0.220. The SMILES string of the molecule is C[C@@H]1COCCN1c1nc(-c2ccnc3[nH]ccc23)nc2c(-c3ccncc3)c[nH]c12. The van der Waals surface area contributed by atoms with Crippen LogP contribution in [0, 0.1) is 0 Å². The minimum absolute atomic E-state index is 0.220. The van der Waals surface area contributed by atoms with Crippen molar-refractivity contribution in [2.45, 2.75) is 13.0 Å². The maximum atomic E-state index is 5.67. The fraction of sp³-hybridized carbons (Fsp3) is 0.217. The zero-order valence-corrected chi connectivity index (χ0v) is 17.0. The number of nitrogens with one attached hydrogen (secondary N) is 2. The molecule has 8 heteroatoms. The van der Waals surface area contributed by atoms with Crippen LogP contribution in [0.4, 0.5) is 5.82 Å². The second kappa shape index (κ2) is 7.17. The molecule has 1 saturated heterocycles. The van der Waals surface area contributed by atoms with E-state index < -0.39 is 0 Å². The molecule has 1 aliphatic heterocycles. The van der Waals surface area contributed by atoms with Crippen molar-refractivity contribution in [1.82, 2.24) is 29.9 Å². The number of ether oxygens (including phenoxy) is 1. The van der Waals surface area contributed by atoms with Crippen molar-refractivity contribution in [3.63, 3.8) is 0 Å². The summed E-state index contributed by atoms with van der Waals surface area (Å²) in [4.78, 5) is 27.6. The zero-order chi connectivity index (χ0) is 20.8. The van der Waals surface area contributed by atoms with Crippen LogP contribution in [0.25, 0.3) is 44.6 Å². The normalized spacial score (nSPS) is 16.9. The van der Waals surface area contributed by atoms with Gasteiger partial charge in [-0.1, -0.05) is 0 Å². The number of pyridine rings is 2. The smallest absolute Gasteiger partial charge is 0.163 e. The molecule has 6 rings (SSSR count). The van der Waals surface area contributed by atoms with E-state index in [4.69, 9.17) is 14.7 Å². The molecule has 1 fully saturated rings. The summed E-state index contributed by atoms with van der Waals surface area (Å²) in [7, 11) is 0. The Kier molecular flexibility index (Phi) is 4.17. The third-order valence-corrected chi connectivity index (χ3v) is 5.84. The lowest BCUT2D eigenvalue weighted by atomic mass is 10.1. The highest BCUT2D eigenvalue weighted by Gasteiger charge is 2.25. The molecule has 1 aliphatic rings. The molecule has 0 radical (unpaired) electrons. The van der Waals surface area contributed by atoms with Crippen molar-refractivity contribution < 1.29 is 4.74 Å². The third kappa shape index (κ3) is 2.95. The van der Waals surface area contributed by atoms with Gasteiger partial charge in [0.1, 0.15) is 16.7 Å². The molecule has 31 heavy (non-hydrogen) atoms. The molecule has 0 aromatic carbocycles. The van der Waals surface area contributed by atoms with Gasteiger partial charge in [0.05, 0.1) is 19.3 Å². The van der Waals surface area contributed by atoms with Gasteiger partial charge in [-0.05, 0) is 36.8 Å². The average molecular weight is 411 g/mol. The summed E-state index contributed by atoms with van der Waals surface area (Å²) in [5, 5.41) is 1.00. The lowest BCUT2D eigenvalue weighted by Gasteiger charge is -2.34. The van der Waals surface area contributed by atoms with Gasteiger partial charge in [-0.15, -0.1) is 0 Å². The van der Waals surface area contributed by atoms with Crippen LogP contribution in [0.2, 0.25) is 0 Å². The topological polar surface area (TPSA) is 95.6 Å². The van der Waals surface area contributed by atoms with Crippen LogP contribution in [0.5, 0.6) is 0 Å². The van der Waals surface area contributed by atoms with E-state index in [2.05, 4.69) is 31.8 Å². The van der Waals surface area contributed by atoms with Gasteiger partial charge in [-0.2, -0.15) is 0 Å². The first kappa shape index (κ1) is 18.0. The van der Waals surface area contributed by atoms with Crippen LogP contribution in [-0.2, 0) is 4.74 Å². The van der Waals surface area contributed by atoms with E-state index in [-0.39, 0.29) is 6.04 Å². The van der Waals surface area contributed by atoms with Gasteiger partial charge in [-0.3, -0.25) is 4.98 Å². The van der Waals surface area contributed by atoms with E-state index in [0.717, 1.165) is 51.1 Å². The van der Waals surface area contributed by atoms with Crippen LogP contribution >= 0.6 is 0 Å². The maximum absolute atomic E-state index is 5.67. The Morgan fingerprint density at radius 1 is 1.03 bits per heavy atom. The molecule has 0 unspecified atom stereocenters. The summed E-state index contributed by atoms with van der Waals surface area (Å²) in [6.45, 7) is 4.30. The number of H-pyrrole nitrogens is 2. The Labute approximate surface area is 178 Å². The van der Waals surface area contributed by atoms with Gasteiger partial charge < -0.3 is 19.6 Å². The van der Waals surface area contributed by atoms with Gasteiger partial charge in [0, 0.05) is 54.0 Å². The monoisotopic (exact) mass is 411 g/mol. The molecule has 5 aromatic rings. The highest BCUT2D eigenvalue weighted by Crippen LogP contribution is 2.35. The molecule has 1 atom stereocenters. The van der Waals surface area contributed by atoms with E-state index in [9.17, 15) is 0 Å². The van der Waals surface area contributed by atoms with Crippen LogP contribution in [0.3, 0.4) is 0 Å². The summed E-state index contributed by atoms with van der Waals surface area (Å²) in [5.74, 6) is 1.58. The fourth-order valence-corrected chi connectivity index (χ4v) is 4.27. The van der Waals surface area contributed by atoms with E-state index in [1.54, 1.807) is 18.6 Å². The van der Waals surface area contributed by atoms with Gasteiger partial charge in [0.15, 0.2) is 11.6 Å². The Bertz CT molecular complexity index is 1380. The predicted molar refractivity (Wildman–Crippen MR) is 120 cm³/mol. The number of anilines is 1. The first-order valence-corrected chi connectivity index (χ1v) is 10.4. The number of hydrogen-bond acceptors (Lipinski definition) is 6. The summed E-state index contributed by atoms with van der Waals surface area (Å²) in [6.07, 6.45) is 9.29. The number of aromatic nitrogens is 6. The largest absolute Gasteiger partial charge is 0.377 e. The van der Waals surface area contributed by atoms with E-state index in [1.807, 2.05) is 36.7 Å². The molecule has 0 aliphatic carbocycles. The second-order valence-corrected chi connectivity index (χ2v) is 7.75. The summed E-state index contributed by atoms with van der Waals surface area (Å²) in [5.41, 5.74) is 5.70. The van der Waals surface area contributed by atoms with E-state index in [0.29, 0.717) is 19.0 Å². The number of aromatic amines is 2. The van der Waals surface area contributed by atoms with E-state index in [1.165, 1.54) is 0 Å². The maximum Gasteiger partial charge on any atom is 0.163 e. The van der Waals surface area contributed by atoms with Crippen molar-refractivity contribution >= 4 is 27.9 Å². The van der Waals surface area contributed by atoms with Crippen molar-refractivity contribution in [1.29, 1.82) is 0 Å². The Morgan fingerprint density at radius 3 is 2.81 bits per heavy atom. The molecule has 0 bridgehead atoms. The average Bonchev–Trinajstić information content (AvgIpc) is 3.46. The van der Waals surface area contributed by atoms with Crippen molar-refractivity contribution in [2.75, 3.05) is 24.7 Å². The van der Waals surface area contributed by atoms with Crippen LogP contribution in [-0.4, -0.2) is 55.7 Å². The first-order chi connectivity index (χ1) is 15.3. The Balaban J connectivity index is 1.63. The standard InChI is InChI=1S/C23H21N7O/c1-14-13-31-11-10-30(14)23-20-19(18(12-27-20)15-2-6-24-7-3-15)28-22(29-23)17-5-9-26-21-16(17)4-8-25-21/h2-9,12,14,27H,10-11,13H2,1H3,(H,25,26)/t14-/m1/s1. The quantitative estimate of drug-likeness (QED) is 0.469. The fourth-order valence-electron chi connectivity index (χ4n) is 4.27. The van der Waals surface area contributed by atoms with Gasteiger partial charge in [0.25, 0.3) is 0 Å². The third-order valence-electron chi connectivity index (χ3n) is 5.84. The predicted octanol–water partition coefficient (Wildman–Crippen LogP) is 3.79. The second-order valence-electron chi connectivity index (χ2n) is 7.75. The lowest BCUT2D eigenvalue weighted by Crippen LogP contribution is -2.44. The summed E-state index contributed by atoms with van der Waals surface area (Å²) < 4.78 is 5.67. The molecule has 0 saturated carbocycles. The molecular formula is C23H21N7O. The number of morpholine rings is 1.